The predicted molar refractivity (Wildman–Crippen MR) is 101 cm³/mol. The molecule has 0 aliphatic rings. The molecule has 0 fully saturated rings. The van der Waals surface area contributed by atoms with Crippen LogP contribution in [0.4, 0.5) is 17.5 Å². The Labute approximate surface area is 151 Å². The fourth-order valence-electron chi connectivity index (χ4n) is 2.27. The Balaban J connectivity index is 1.67. The molecular weight excluding hydrogens is 336 g/mol. The molecular formula is C19H17ClN4O. The summed E-state index contributed by atoms with van der Waals surface area (Å²) in [6.07, 6.45) is 1.67. The smallest absolute Gasteiger partial charge is 0.224 e. The van der Waals surface area contributed by atoms with Crippen LogP contribution in [0.3, 0.4) is 0 Å². The highest BCUT2D eigenvalue weighted by atomic mass is 35.5. The van der Waals surface area contributed by atoms with Crippen molar-refractivity contribution in [2.24, 2.45) is 0 Å². The lowest BCUT2D eigenvalue weighted by molar-refractivity contribution is 0.101. The van der Waals surface area contributed by atoms with Gasteiger partial charge < -0.3 is 10.6 Å². The molecule has 0 saturated heterocycles. The summed E-state index contributed by atoms with van der Waals surface area (Å²) in [6.45, 7) is 2.08. The lowest BCUT2D eigenvalue weighted by Crippen LogP contribution is -2.05. The number of ketones is 1. The molecule has 126 valence electrons. The molecule has 3 rings (SSSR count). The molecule has 3 aromatic rings. The Kier molecular flexibility index (Phi) is 5.26. The number of hydrogen-bond donors (Lipinski definition) is 2. The molecule has 1 heterocycles. The number of halogens is 1. The van der Waals surface area contributed by atoms with Crippen molar-refractivity contribution in [2.45, 2.75) is 13.5 Å². The Morgan fingerprint density at radius 2 is 1.84 bits per heavy atom. The van der Waals surface area contributed by atoms with Gasteiger partial charge in [-0.2, -0.15) is 4.98 Å². The van der Waals surface area contributed by atoms with E-state index in [0.29, 0.717) is 28.9 Å². The third-order valence-corrected chi connectivity index (χ3v) is 3.98. The highest BCUT2D eigenvalue weighted by Crippen LogP contribution is 2.18. The van der Waals surface area contributed by atoms with Crippen LogP contribution in [-0.2, 0) is 6.54 Å². The monoisotopic (exact) mass is 352 g/mol. The molecule has 0 saturated carbocycles. The van der Waals surface area contributed by atoms with E-state index < -0.39 is 0 Å². The quantitative estimate of drug-likeness (QED) is 0.630. The van der Waals surface area contributed by atoms with Crippen molar-refractivity contribution in [1.82, 2.24) is 9.97 Å². The van der Waals surface area contributed by atoms with Crippen molar-refractivity contribution in [1.29, 1.82) is 0 Å². The van der Waals surface area contributed by atoms with E-state index in [-0.39, 0.29) is 5.78 Å². The van der Waals surface area contributed by atoms with Gasteiger partial charge in [-0.05, 0) is 48.9 Å². The Morgan fingerprint density at radius 3 is 2.56 bits per heavy atom. The molecule has 5 nitrogen and oxygen atoms in total. The molecule has 0 amide bonds. The maximum Gasteiger partial charge on any atom is 0.224 e. The average Bonchev–Trinajstić information content (AvgIpc) is 2.62. The van der Waals surface area contributed by atoms with Crippen molar-refractivity contribution < 1.29 is 4.79 Å². The molecule has 0 bridgehead atoms. The number of carbonyl (C=O) groups excluding carboxylic acids is 1. The molecule has 6 heteroatoms. The van der Waals surface area contributed by atoms with Gasteiger partial charge in [-0.25, -0.2) is 4.98 Å². The zero-order chi connectivity index (χ0) is 17.6. The second-order valence-electron chi connectivity index (χ2n) is 5.47. The summed E-state index contributed by atoms with van der Waals surface area (Å²) in [4.78, 5) is 20.0. The molecule has 0 unspecified atom stereocenters. The predicted octanol–water partition coefficient (Wildman–Crippen LogP) is 4.69. The standard InChI is InChI=1S/C19H17ClN4O/c1-13(25)14-6-8-16(9-7-14)23-18-10-11-21-19(24-18)22-12-15-4-2-3-5-17(15)20/h2-11H,12H2,1H3,(H2,21,22,23,24). The van der Waals surface area contributed by atoms with Crippen LogP contribution < -0.4 is 10.6 Å². The van der Waals surface area contributed by atoms with Crippen molar-refractivity contribution in [2.75, 3.05) is 10.6 Å². The first kappa shape index (κ1) is 16.9. The van der Waals surface area contributed by atoms with Crippen LogP contribution in [0, 0.1) is 0 Å². The first-order valence-electron chi connectivity index (χ1n) is 7.80. The molecule has 2 N–H and O–H groups in total. The fraction of sp³-hybridized carbons (Fsp3) is 0.105. The zero-order valence-electron chi connectivity index (χ0n) is 13.7. The van der Waals surface area contributed by atoms with E-state index in [2.05, 4.69) is 20.6 Å². The fourth-order valence-corrected chi connectivity index (χ4v) is 2.47. The molecule has 0 radical (unpaired) electrons. The van der Waals surface area contributed by atoms with Gasteiger partial charge in [-0.15, -0.1) is 0 Å². The van der Waals surface area contributed by atoms with Crippen molar-refractivity contribution in [3.8, 4) is 0 Å². The van der Waals surface area contributed by atoms with E-state index in [1.165, 1.54) is 0 Å². The van der Waals surface area contributed by atoms with Crippen molar-refractivity contribution in [3.05, 3.63) is 76.9 Å². The number of anilines is 3. The van der Waals surface area contributed by atoms with Gasteiger partial charge in [0.15, 0.2) is 5.78 Å². The Bertz CT molecular complexity index is 881. The maximum atomic E-state index is 11.3. The average molecular weight is 353 g/mol. The lowest BCUT2D eigenvalue weighted by atomic mass is 10.1. The summed E-state index contributed by atoms with van der Waals surface area (Å²) in [5.74, 6) is 1.21. The molecule has 25 heavy (non-hydrogen) atoms. The lowest BCUT2D eigenvalue weighted by Gasteiger charge is -2.09. The second-order valence-corrected chi connectivity index (χ2v) is 5.88. The Hall–Kier alpha value is -2.92. The van der Waals surface area contributed by atoms with E-state index >= 15 is 0 Å². The van der Waals surface area contributed by atoms with Gasteiger partial charge in [0.25, 0.3) is 0 Å². The SMILES string of the molecule is CC(=O)c1ccc(Nc2ccnc(NCc3ccccc3Cl)n2)cc1. The highest BCUT2D eigenvalue weighted by molar-refractivity contribution is 6.31. The minimum atomic E-state index is 0.0413. The van der Waals surface area contributed by atoms with E-state index in [1.54, 1.807) is 31.3 Å². The van der Waals surface area contributed by atoms with E-state index in [1.807, 2.05) is 36.4 Å². The van der Waals surface area contributed by atoms with Crippen LogP contribution in [-0.4, -0.2) is 15.8 Å². The third kappa shape index (κ3) is 4.55. The summed E-state index contributed by atoms with van der Waals surface area (Å²) < 4.78 is 0. The van der Waals surface area contributed by atoms with Gasteiger partial charge in [0.05, 0.1) is 0 Å². The van der Waals surface area contributed by atoms with Gasteiger partial charge in [0.1, 0.15) is 5.82 Å². The minimum Gasteiger partial charge on any atom is -0.350 e. The molecule has 2 aromatic carbocycles. The molecule has 0 atom stereocenters. The van der Waals surface area contributed by atoms with Crippen LogP contribution in [0.25, 0.3) is 0 Å². The van der Waals surface area contributed by atoms with Crippen LogP contribution in [0.5, 0.6) is 0 Å². The summed E-state index contributed by atoms with van der Waals surface area (Å²) in [5.41, 5.74) is 2.50. The number of nitrogens with zero attached hydrogens (tertiary/aromatic N) is 2. The summed E-state index contributed by atoms with van der Waals surface area (Å²) in [5, 5.41) is 7.06. The zero-order valence-corrected chi connectivity index (χ0v) is 14.4. The number of Topliss-reactive ketones (excluding diaryl/α,β-unsaturated/α-hetero) is 1. The van der Waals surface area contributed by atoms with Gasteiger partial charge in [0.2, 0.25) is 5.95 Å². The molecule has 0 aliphatic heterocycles. The topological polar surface area (TPSA) is 66.9 Å². The van der Waals surface area contributed by atoms with Crippen molar-refractivity contribution in [3.63, 3.8) is 0 Å². The van der Waals surface area contributed by atoms with Gasteiger partial charge in [-0.1, -0.05) is 29.8 Å². The number of hydrogen-bond acceptors (Lipinski definition) is 5. The molecule has 0 aliphatic carbocycles. The van der Waals surface area contributed by atoms with Crippen LogP contribution in [0.15, 0.2) is 60.8 Å². The number of aromatic nitrogens is 2. The molecule has 1 aromatic heterocycles. The first-order chi connectivity index (χ1) is 12.1. The molecule has 0 spiro atoms. The van der Waals surface area contributed by atoms with E-state index in [9.17, 15) is 4.79 Å². The van der Waals surface area contributed by atoms with Gasteiger partial charge >= 0.3 is 0 Å². The number of rotatable bonds is 6. The third-order valence-electron chi connectivity index (χ3n) is 3.61. The second kappa shape index (κ2) is 7.77. The number of nitrogens with one attached hydrogen (secondary N) is 2. The van der Waals surface area contributed by atoms with E-state index in [4.69, 9.17) is 11.6 Å². The number of benzene rings is 2. The van der Waals surface area contributed by atoms with Gasteiger partial charge in [-0.3, -0.25) is 4.79 Å². The number of carbonyl (C=O) groups is 1. The van der Waals surface area contributed by atoms with Crippen LogP contribution >= 0.6 is 11.6 Å². The van der Waals surface area contributed by atoms with E-state index in [0.717, 1.165) is 11.3 Å². The minimum absolute atomic E-state index is 0.0413. The summed E-state index contributed by atoms with van der Waals surface area (Å²) >= 11 is 6.15. The first-order valence-corrected chi connectivity index (χ1v) is 8.18. The highest BCUT2D eigenvalue weighted by Gasteiger charge is 2.03. The maximum absolute atomic E-state index is 11.3. The van der Waals surface area contributed by atoms with Crippen LogP contribution in [0.2, 0.25) is 5.02 Å². The summed E-state index contributed by atoms with van der Waals surface area (Å²) in [6, 6.07) is 16.7. The van der Waals surface area contributed by atoms with Crippen molar-refractivity contribution >= 4 is 34.8 Å². The summed E-state index contributed by atoms with van der Waals surface area (Å²) in [7, 11) is 0. The Morgan fingerprint density at radius 1 is 1.08 bits per heavy atom. The van der Waals surface area contributed by atoms with Crippen LogP contribution in [0.1, 0.15) is 22.8 Å². The van der Waals surface area contributed by atoms with Gasteiger partial charge in [0, 0.05) is 29.0 Å². The largest absolute Gasteiger partial charge is 0.350 e. The normalized spacial score (nSPS) is 10.3.